The van der Waals surface area contributed by atoms with Gasteiger partial charge in [0.05, 0.1) is 16.6 Å². The maximum absolute atomic E-state index is 12.5. The fourth-order valence-electron chi connectivity index (χ4n) is 3.08. The van der Waals surface area contributed by atoms with Crippen molar-refractivity contribution in [1.82, 2.24) is 10.1 Å². The third-order valence-corrected chi connectivity index (χ3v) is 5.19. The molecule has 26 heavy (non-hydrogen) atoms. The van der Waals surface area contributed by atoms with E-state index in [2.05, 4.69) is 26.1 Å². The molecule has 3 aromatic rings. The van der Waals surface area contributed by atoms with Crippen LogP contribution in [-0.2, 0) is 4.79 Å². The fraction of sp³-hybridized carbons (Fsp3) is 0.211. The van der Waals surface area contributed by atoms with E-state index in [0.29, 0.717) is 29.7 Å². The number of hydrogen-bond donors (Lipinski definition) is 0. The number of aromatic nitrogens is 2. The van der Waals surface area contributed by atoms with Crippen molar-refractivity contribution in [1.29, 1.82) is 0 Å². The van der Waals surface area contributed by atoms with Crippen molar-refractivity contribution in [3.63, 3.8) is 0 Å². The maximum atomic E-state index is 12.5. The number of carbonyl (C=O) groups is 1. The van der Waals surface area contributed by atoms with Crippen LogP contribution >= 0.6 is 27.5 Å². The standard InChI is InChI=1S/C19H15BrClN3O2/c1-11-5-6-16(15(21)7-11)24-10-13(9-17(24)25)19-22-18(23-26-19)12-3-2-4-14(20)8-12/h2-8,13H,9-10H2,1H3. The first-order valence-electron chi connectivity index (χ1n) is 8.17. The molecule has 0 N–H and O–H groups in total. The number of carbonyl (C=O) groups excluding carboxylic acids is 1. The van der Waals surface area contributed by atoms with Gasteiger partial charge in [-0.15, -0.1) is 0 Å². The first kappa shape index (κ1) is 17.2. The molecular formula is C19H15BrClN3O2. The Morgan fingerprint density at radius 2 is 2.12 bits per heavy atom. The molecule has 1 saturated heterocycles. The van der Waals surface area contributed by atoms with Gasteiger partial charge < -0.3 is 9.42 Å². The first-order valence-corrected chi connectivity index (χ1v) is 9.34. The molecule has 7 heteroatoms. The van der Waals surface area contributed by atoms with Gasteiger partial charge in [-0.25, -0.2) is 0 Å². The Bertz CT molecular complexity index is 988. The first-order chi connectivity index (χ1) is 12.5. The molecule has 132 valence electrons. The molecule has 0 bridgehead atoms. The van der Waals surface area contributed by atoms with Crippen LogP contribution < -0.4 is 4.90 Å². The lowest BCUT2D eigenvalue weighted by Gasteiger charge is -2.18. The van der Waals surface area contributed by atoms with E-state index in [1.165, 1.54) is 0 Å². The van der Waals surface area contributed by atoms with Gasteiger partial charge >= 0.3 is 0 Å². The van der Waals surface area contributed by atoms with Crippen LogP contribution in [0.1, 0.15) is 23.8 Å². The number of benzene rings is 2. The highest BCUT2D eigenvalue weighted by molar-refractivity contribution is 9.10. The summed E-state index contributed by atoms with van der Waals surface area (Å²) in [6, 6.07) is 13.4. The minimum atomic E-state index is -0.145. The molecule has 1 aliphatic rings. The summed E-state index contributed by atoms with van der Waals surface area (Å²) >= 11 is 9.75. The van der Waals surface area contributed by atoms with Crippen LogP contribution in [0.2, 0.25) is 5.02 Å². The summed E-state index contributed by atoms with van der Waals surface area (Å²) in [6.45, 7) is 2.44. The average Bonchev–Trinajstić information content (AvgIpc) is 3.22. The van der Waals surface area contributed by atoms with E-state index in [9.17, 15) is 4.79 Å². The summed E-state index contributed by atoms with van der Waals surface area (Å²) in [5.74, 6) is 0.843. The van der Waals surface area contributed by atoms with Crippen molar-refractivity contribution in [3.8, 4) is 11.4 Å². The second-order valence-electron chi connectivity index (χ2n) is 6.33. The molecule has 1 fully saturated rings. The molecule has 1 aliphatic heterocycles. The van der Waals surface area contributed by atoms with Gasteiger partial charge in [-0.2, -0.15) is 4.98 Å². The van der Waals surface area contributed by atoms with E-state index in [-0.39, 0.29) is 11.8 Å². The number of rotatable bonds is 3. The largest absolute Gasteiger partial charge is 0.339 e. The van der Waals surface area contributed by atoms with Crippen LogP contribution in [0.4, 0.5) is 5.69 Å². The van der Waals surface area contributed by atoms with Gasteiger partial charge in [-0.1, -0.05) is 50.9 Å². The molecule has 0 aliphatic carbocycles. The maximum Gasteiger partial charge on any atom is 0.232 e. The summed E-state index contributed by atoms with van der Waals surface area (Å²) < 4.78 is 6.38. The van der Waals surface area contributed by atoms with Crippen LogP contribution in [0.15, 0.2) is 51.5 Å². The zero-order valence-corrected chi connectivity index (χ0v) is 16.3. The van der Waals surface area contributed by atoms with Crippen molar-refractivity contribution in [2.75, 3.05) is 11.4 Å². The quantitative estimate of drug-likeness (QED) is 0.585. The van der Waals surface area contributed by atoms with Gasteiger partial charge in [0, 0.05) is 23.0 Å². The minimum absolute atomic E-state index is 0.00274. The molecule has 1 unspecified atom stereocenters. The number of aryl methyl sites for hydroxylation is 1. The second-order valence-corrected chi connectivity index (χ2v) is 7.65. The molecule has 1 aromatic heterocycles. The summed E-state index contributed by atoms with van der Waals surface area (Å²) in [5, 5.41) is 4.63. The Morgan fingerprint density at radius 3 is 2.88 bits per heavy atom. The third kappa shape index (κ3) is 3.27. The lowest BCUT2D eigenvalue weighted by atomic mass is 10.1. The van der Waals surface area contributed by atoms with E-state index >= 15 is 0 Å². The summed E-state index contributed by atoms with van der Waals surface area (Å²) in [7, 11) is 0. The highest BCUT2D eigenvalue weighted by Crippen LogP contribution is 2.35. The Labute approximate surface area is 164 Å². The van der Waals surface area contributed by atoms with Crippen molar-refractivity contribution < 1.29 is 9.32 Å². The number of halogens is 2. The second kappa shape index (κ2) is 6.85. The molecule has 0 saturated carbocycles. The molecular weight excluding hydrogens is 418 g/mol. The van der Waals surface area contributed by atoms with E-state index < -0.39 is 0 Å². The zero-order valence-electron chi connectivity index (χ0n) is 13.9. The molecule has 1 amide bonds. The van der Waals surface area contributed by atoms with E-state index in [1.54, 1.807) is 4.90 Å². The Hall–Kier alpha value is -2.18. The van der Waals surface area contributed by atoms with Gasteiger partial charge in [0.15, 0.2) is 0 Å². The van der Waals surface area contributed by atoms with E-state index in [4.69, 9.17) is 16.1 Å². The highest BCUT2D eigenvalue weighted by atomic mass is 79.9. The number of anilines is 1. The summed E-state index contributed by atoms with van der Waals surface area (Å²) in [5.41, 5.74) is 2.63. The lowest BCUT2D eigenvalue weighted by molar-refractivity contribution is -0.117. The third-order valence-electron chi connectivity index (χ3n) is 4.39. The Kier molecular flexibility index (Phi) is 4.54. The van der Waals surface area contributed by atoms with Gasteiger partial charge in [-0.3, -0.25) is 4.79 Å². The number of amides is 1. The van der Waals surface area contributed by atoms with Gasteiger partial charge in [-0.05, 0) is 36.8 Å². The fourth-order valence-corrected chi connectivity index (χ4v) is 3.82. The highest BCUT2D eigenvalue weighted by Gasteiger charge is 2.36. The van der Waals surface area contributed by atoms with E-state index in [0.717, 1.165) is 21.3 Å². The van der Waals surface area contributed by atoms with Crippen LogP contribution in [0.5, 0.6) is 0 Å². The number of nitrogens with zero attached hydrogens (tertiary/aromatic N) is 3. The van der Waals surface area contributed by atoms with Crippen molar-refractivity contribution in [2.45, 2.75) is 19.3 Å². The van der Waals surface area contributed by atoms with Gasteiger partial charge in [0.2, 0.25) is 17.6 Å². The zero-order chi connectivity index (χ0) is 18.3. The predicted octanol–water partition coefficient (Wildman–Crippen LogP) is 4.98. The van der Waals surface area contributed by atoms with Crippen LogP contribution in [-0.4, -0.2) is 22.6 Å². The lowest BCUT2D eigenvalue weighted by Crippen LogP contribution is -2.24. The van der Waals surface area contributed by atoms with Gasteiger partial charge in [0.1, 0.15) is 0 Å². The molecule has 0 radical (unpaired) electrons. The van der Waals surface area contributed by atoms with Crippen molar-refractivity contribution in [3.05, 3.63) is 63.4 Å². The summed E-state index contributed by atoms with van der Waals surface area (Å²) in [6.07, 6.45) is 0.324. The minimum Gasteiger partial charge on any atom is -0.339 e. The smallest absolute Gasteiger partial charge is 0.232 e. The monoisotopic (exact) mass is 431 g/mol. The SMILES string of the molecule is Cc1ccc(N2CC(c3nc(-c4cccc(Br)c4)no3)CC2=O)c(Cl)c1. The predicted molar refractivity (Wildman–Crippen MR) is 103 cm³/mol. The number of hydrogen-bond acceptors (Lipinski definition) is 4. The average molecular weight is 433 g/mol. The van der Waals surface area contributed by atoms with E-state index in [1.807, 2.05) is 49.4 Å². The van der Waals surface area contributed by atoms with Crippen molar-refractivity contribution >= 4 is 39.1 Å². The van der Waals surface area contributed by atoms with Crippen LogP contribution in [0.25, 0.3) is 11.4 Å². The molecule has 4 rings (SSSR count). The molecule has 0 spiro atoms. The normalized spacial score (nSPS) is 17.1. The van der Waals surface area contributed by atoms with Crippen LogP contribution in [0.3, 0.4) is 0 Å². The molecule has 1 atom stereocenters. The molecule has 2 aromatic carbocycles. The topological polar surface area (TPSA) is 59.2 Å². The Balaban J connectivity index is 1.58. The molecule has 5 nitrogen and oxygen atoms in total. The van der Waals surface area contributed by atoms with Crippen LogP contribution in [0, 0.1) is 6.92 Å². The summed E-state index contributed by atoms with van der Waals surface area (Å²) in [4.78, 5) is 18.7. The molecule has 2 heterocycles. The van der Waals surface area contributed by atoms with Gasteiger partial charge in [0.25, 0.3) is 0 Å². The van der Waals surface area contributed by atoms with Crippen molar-refractivity contribution in [2.24, 2.45) is 0 Å². The Morgan fingerprint density at radius 1 is 1.27 bits per heavy atom.